The highest BCUT2D eigenvalue weighted by atomic mass is 16.2. The molecule has 2 N–H and O–H groups in total. The van der Waals surface area contributed by atoms with E-state index in [1.54, 1.807) is 20.0 Å². The molecule has 1 spiro atoms. The Morgan fingerprint density at radius 3 is 2.84 bits per heavy atom. The van der Waals surface area contributed by atoms with E-state index in [1.165, 1.54) is 0 Å². The highest BCUT2D eigenvalue weighted by Crippen LogP contribution is 2.39. The highest BCUT2D eigenvalue weighted by Gasteiger charge is 2.44. The van der Waals surface area contributed by atoms with Gasteiger partial charge in [-0.25, -0.2) is 0 Å². The number of carbonyl (C=O) groups excluding carboxylic acids is 2. The molecule has 1 aromatic heterocycles. The van der Waals surface area contributed by atoms with Gasteiger partial charge < -0.3 is 15.5 Å². The summed E-state index contributed by atoms with van der Waals surface area (Å²) in [5, 5.41) is 0. The maximum atomic E-state index is 12.6. The third-order valence-electron chi connectivity index (χ3n) is 5.34. The molecule has 2 fully saturated rings. The first kappa shape index (κ1) is 17.9. The predicted molar refractivity (Wildman–Crippen MR) is 95.4 cm³/mol. The van der Waals surface area contributed by atoms with E-state index in [2.05, 4.69) is 4.98 Å². The van der Waals surface area contributed by atoms with E-state index in [1.807, 2.05) is 28.1 Å². The van der Waals surface area contributed by atoms with Crippen molar-refractivity contribution >= 4 is 11.8 Å². The van der Waals surface area contributed by atoms with E-state index >= 15 is 0 Å². The molecule has 2 aliphatic heterocycles. The predicted octanol–water partition coefficient (Wildman–Crippen LogP) is 1.55. The molecule has 0 aliphatic carbocycles. The average Bonchev–Trinajstić information content (AvgIpc) is 2.58. The van der Waals surface area contributed by atoms with E-state index in [9.17, 15) is 9.59 Å². The Bertz CT molecular complexity index is 641. The van der Waals surface area contributed by atoms with Crippen molar-refractivity contribution in [2.75, 3.05) is 19.6 Å². The second kappa shape index (κ2) is 6.75. The number of aromatic nitrogens is 1. The lowest BCUT2D eigenvalue weighted by Crippen LogP contribution is -2.59. The number of hydrogen-bond acceptors (Lipinski definition) is 4. The fourth-order valence-electron chi connectivity index (χ4n) is 4.08. The third-order valence-corrected chi connectivity index (χ3v) is 5.34. The molecule has 6 heteroatoms. The summed E-state index contributed by atoms with van der Waals surface area (Å²) in [6.07, 6.45) is 6.97. The topological polar surface area (TPSA) is 79.5 Å². The second-order valence-corrected chi connectivity index (χ2v) is 8.16. The Balaban J connectivity index is 1.72. The van der Waals surface area contributed by atoms with Crippen LogP contribution in [0.3, 0.4) is 0 Å². The molecule has 2 saturated heterocycles. The van der Waals surface area contributed by atoms with Crippen LogP contribution in [-0.4, -0.2) is 51.8 Å². The van der Waals surface area contributed by atoms with E-state index in [-0.39, 0.29) is 17.2 Å². The molecule has 3 rings (SSSR count). The van der Waals surface area contributed by atoms with Gasteiger partial charge in [0, 0.05) is 50.4 Å². The van der Waals surface area contributed by atoms with Gasteiger partial charge in [0.25, 0.3) is 0 Å². The standard InChI is InChI=1S/C19H28N4O2/c1-18(2,20)17(25)22-10-4-7-19(13-22)8-6-16(24)23(14-19)12-15-5-3-9-21-11-15/h3,5,9,11H,4,6-8,10,12-14,20H2,1-2H3. The zero-order chi connectivity index (χ0) is 18.1. The van der Waals surface area contributed by atoms with Crippen molar-refractivity contribution in [1.29, 1.82) is 0 Å². The van der Waals surface area contributed by atoms with Crippen molar-refractivity contribution in [3.63, 3.8) is 0 Å². The lowest BCUT2D eigenvalue weighted by molar-refractivity contribution is -0.145. The quantitative estimate of drug-likeness (QED) is 0.902. The number of piperidine rings is 2. The Hall–Kier alpha value is -1.95. The van der Waals surface area contributed by atoms with Gasteiger partial charge in [-0.05, 0) is 44.7 Å². The molecule has 2 amide bonds. The van der Waals surface area contributed by atoms with Gasteiger partial charge in [-0.2, -0.15) is 0 Å². The first-order valence-corrected chi connectivity index (χ1v) is 9.04. The fourth-order valence-corrected chi connectivity index (χ4v) is 4.08. The first-order chi connectivity index (χ1) is 11.8. The fraction of sp³-hybridized carbons (Fsp3) is 0.632. The second-order valence-electron chi connectivity index (χ2n) is 8.16. The summed E-state index contributed by atoms with van der Waals surface area (Å²) in [7, 11) is 0. The van der Waals surface area contributed by atoms with Crippen LogP contribution < -0.4 is 5.73 Å². The van der Waals surface area contributed by atoms with Gasteiger partial charge in [-0.1, -0.05) is 6.07 Å². The van der Waals surface area contributed by atoms with Crippen molar-refractivity contribution in [2.24, 2.45) is 11.1 Å². The SMILES string of the molecule is CC(C)(N)C(=O)N1CCCC2(CCC(=O)N(Cc3cccnc3)C2)C1. The lowest BCUT2D eigenvalue weighted by atomic mass is 9.73. The van der Waals surface area contributed by atoms with Gasteiger partial charge in [0.2, 0.25) is 11.8 Å². The van der Waals surface area contributed by atoms with Crippen LogP contribution in [0.4, 0.5) is 0 Å². The number of likely N-dealkylation sites (tertiary alicyclic amines) is 2. The molecular formula is C19H28N4O2. The van der Waals surface area contributed by atoms with Crippen LogP contribution in [0.5, 0.6) is 0 Å². The summed E-state index contributed by atoms with van der Waals surface area (Å²) in [5.74, 6) is 0.194. The number of rotatable bonds is 3. The number of nitrogens with zero attached hydrogens (tertiary/aromatic N) is 3. The van der Waals surface area contributed by atoms with Crippen molar-refractivity contribution in [1.82, 2.24) is 14.8 Å². The van der Waals surface area contributed by atoms with Crippen molar-refractivity contribution in [2.45, 2.75) is 51.6 Å². The van der Waals surface area contributed by atoms with Crippen molar-refractivity contribution in [3.05, 3.63) is 30.1 Å². The highest BCUT2D eigenvalue weighted by molar-refractivity contribution is 5.85. The monoisotopic (exact) mass is 344 g/mol. The Morgan fingerprint density at radius 1 is 1.36 bits per heavy atom. The molecule has 1 aromatic rings. The zero-order valence-corrected chi connectivity index (χ0v) is 15.2. The first-order valence-electron chi connectivity index (χ1n) is 9.04. The molecule has 2 aliphatic rings. The largest absolute Gasteiger partial charge is 0.340 e. The number of carbonyl (C=O) groups is 2. The van der Waals surface area contributed by atoms with Crippen LogP contribution >= 0.6 is 0 Å². The van der Waals surface area contributed by atoms with Crippen LogP contribution in [-0.2, 0) is 16.1 Å². The summed E-state index contributed by atoms with van der Waals surface area (Å²) in [6, 6.07) is 3.89. The minimum absolute atomic E-state index is 0.00212. The molecular weight excluding hydrogens is 316 g/mol. The molecule has 0 saturated carbocycles. The molecule has 0 aromatic carbocycles. The van der Waals surface area contributed by atoms with Crippen molar-refractivity contribution < 1.29 is 9.59 Å². The summed E-state index contributed by atoms with van der Waals surface area (Å²) in [6.45, 7) is 6.27. The van der Waals surface area contributed by atoms with E-state index in [0.29, 0.717) is 26.1 Å². The molecule has 25 heavy (non-hydrogen) atoms. The molecule has 0 radical (unpaired) electrons. The number of pyridine rings is 1. The lowest BCUT2D eigenvalue weighted by Gasteiger charge is -2.49. The van der Waals surface area contributed by atoms with E-state index in [0.717, 1.165) is 31.4 Å². The third kappa shape index (κ3) is 4.00. The Labute approximate surface area is 149 Å². The summed E-state index contributed by atoms with van der Waals surface area (Å²) >= 11 is 0. The molecule has 1 unspecified atom stereocenters. The maximum Gasteiger partial charge on any atom is 0.242 e. The summed E-state index contributed by atoms with van der Waals surface area (Å²) in [5.41, 5.74) is 6.20. The number of nitrogens with two attached hydrogens (primary N) is 1. The number of hydrogen-bond donors (Lipinski definition) is 1. The van der Waals surface area contributed by atoms with Gasteiger partial charge in [0.15, 0.2) is 0 Å². The Morgan fingerprint density at radius 2 is 2.16 bits per heavy atom. The average molecular weight is 344 g/mol. The van der Waals surface area contributed by atoms with Gasteiger partial charge in [-0.3, -0.25) is 14.6 Å². The maximum absolute atomic E-state index is 12.6. The zero-order valence-electron chi connectivity index (χ0n) is 15.2. The molecule has 136 valence electrons. The smallest absolute Gasteiger partial charge is 0.242 e. The van der Waals surface area contributed by atoms with Gasteiger partial charge in [-0.15, -0.1) is 0 Å². The van der Waals surface area contributed by atoms with Crippen LogP contribution in [0.1, 0.15) is 45.1 Å². The van der Waals surface area contributed by atoms with Crippen LogP contribution in [0, 0.1) is 5.41 Å². The molecule has 3 heterocycles. The molecule has 6 nitrogen and oxygen atoms in total. The van der Waals surface area contributed by atoms with Crippen LogP contribution in [0.15, 0.2) is 24.5 Å². The van der Waals surface area contributed by atoms with E-state index in [4.69, 9.17) is 5.73 Å². The summed E-state index contributed by atoms with van der Waals surface area (Å²) < 4.78 is 0. The summed E-state index contributed by atoms with van der Waals surface area (Å²) in [4.78, 5) is 33.0. The van der Waals surface area contributed by atoms with Crippen LogP contribution in [0.2, 0.25) is 0 Å². The van der Waals surface area contributed by atoms with Crippen LogP contribution in [0.25, 0.3) is 0 Å². The minimum Gasteiger partial charge on any atom is -0.340 e. The Kier molecular flexibility index (Phi) is 4.82. The van der Waals surface area contributed by atoms with Gasteiger partial charge >= 0.3 is 0 Å². The molecule has 0 bridgehead atoms. The molecule has 1 atom stereocenters. The number of amides is 2. The van der Waals surface area contributed by atoms with Crippen molar-refractivity contribution in [3.8, 4) is 0 Å². The normalized spacial score (nSPS) is 24.7. The van der Waals surface area contributed by atoms with Gasteiger partial charge in [0.05, 0.1) is 5.54 Å². The van der Waals surface area contributed by atoms with E-state index < -0.39 is 5.54 Å². The van der Waals surface area contributed by atoms with Gasteiger partial charge in [0.1, 0.15) is 0 Å². The minimum atomic E-state index is -0.849.